The molecular formula is C19H38O9. The van der Waals surface area contributed by atoms with E-state index in [1.807, 2.05) is 13.8 Å². The maximum Gasteiger partial charge on any atom is 0.334 e. The minimum absolute atomic E-state index is 0.167. The Morgan fingerprint density at radius 3 is 1.21 bits per heavy atom. The predicted molar refractivity (Wildman–Crippen MR) is 105 cm³/mol. The van der Waals surface area contributed by atoms with Crippen LogP contribution in [-0.2, 0) is 33.4 Å². The van der Waals surface area contributed by atoms with Gasteiger partial charge in [-0.25, -0.2) is 9.59 Å². The van der Waals surface area contributed by atoms with Gasteiger partial charge in [0.1, 0.15) is 18.0 Å². The van der Waals surface area contributed by atoms with Crippen LogP contribution < -0.4 is 0 Å². The molecule has 2 unspecified atom stereocenters. The van der Waals surface area contributed by atoms with Gasteiger partial charge in [0.15, 0.2) is 0 Å². The molecule has 0 bridgehead atoms. The maximum atomic E-state index is 10.4. The summed E-state index contributed by atoms with van der Waals surface area (Å²) in [7, 11) is 0. The molecule has 0 amide bonds. The molecule has 0 aromatic rings. The third-order valence-corrected chi connectivity index (χ3v) is 1.93. The van der Waals surface area contributed by atoms with Gasteiger partial charge < -0.3 is 29.2 Å². The summed E-state index contributed by atoms with van der Waals surface area (Å²) in [5.41, 5.74) is 0. The van der Waals surface area contributed by atoms with E-state index in [1.54, 1.807) is 6.92 Å². The molecule has 0 radical (unpaired) electrons. The molecular weight excluding hydrogens is 372 g/mol. The lowest BCUT2D eigenvalue weighted by Crippen LogP contribution is -2.19. The summed E-state index contributed by atoms with van der Waals surface area (Å²) in [6, 6.07) is 0. The summed E-state index contributed by atoms with van der Waals surface area (Å²) in [6.45, 7) is 14.0. The number of aliphatic hydroxyl groups excluding tert-OH is 2. The summed E-state index contributed by atoms with van der Waals surface area (Å²) in [4.78, 5) is 40.1. The van der Waals surface area contributed by atoms with Gasteiger partial charge in [-0.05, 0) is 47.5 Å². The van der Waals surface area contributed by atoms with Gasteiger partial charge in [0.2, 0.25) is 0 Å². The minimum Gasteiger partial charge on any atom is -0.466 e. The van der Waals surface area contributed by atoms with Gasteiger partial charge in [-0.1, -0.05) is 13.8 Å². The second-order valence-corrected chi connectivity index (χ2v) is 5.52. The third-order valence-electron chi connectivity index (χ3n) is 1.93. The van der Waals surface area contributed by atoms with E-state index in [-0.39, 0.29) is 11.8 Å². The number of hydrogen-bond donors (Lipinski definition) is 2. The molecule has 9 nitrogen and oxygen atoms in total. The number of hydrogen-bond acceptors (Lipinski definition) is 9. The largest absolute Gasteiger partial charge is 0.466 e. The van der Waals surface area contributed by atoms with Crippen molar-refractivity contribution in [3.63, 3.8) is 0 Å². The summed E-state index contributed by atoms with van der Waals surface area (Å²) in [5.74, 6) is -1.13. The zero-order valence-electron chi connectivity index (χ0n) is 18.4. The number of ketones is 1. The minimum atomic E-state index is -0.991. The van der Waals surface area contributed by atoms with Crippen LogP contribution in [0.15, 0.2) is 0 Å². The predicted octanol–water partition coefficient (Wildman–Crippen LogP) is 1.81. The zero-order chi connectivity index (χ0) is 23.1. The van der Waals surface area contributed by atoms with Crippen molar-refractivity contribution in [2.24, 2.45) is 0 Å². The number of ether oxygens (including phenoxy) is 3. The SMILES string of the molecule is CC(C)=O.CCCOC(=O)C(C)O.CCCOC(C)=O.CCOC(=O)C(C)O. The lowest BCUT2D eigenvalue weighted by atomic mass is 10.4. The number of rotatable bonds is 7. The molecule has 0 heterocycles. The summed E-state index contributed by atoms with van der Waals surface area (Å²) >= 11 is 0. The number of carbonyl (C=O) groups is 4. The highest BCUT2D eigenvalue weighted by Gasteiger charge is 2.08. The molecule has 0 aliphatic heterocycles. The highest BCUT2D eigenvalue weighted by Crippen LogP contribution is 1.87. The Hall–Kier alpha value is -2.00. The average Bonchev–Trinajstić information content (AvgIpc) is 2.58. The Morgan fingerprint density at radius 2 is 1.04 bits per heavy atom. The Kier molecular flexibility index (Phi) is 30.0. The van der Waals surface area contributed by atoms with Crippen LogP contribution in [0.4, 0.5) is 0 Å². The van der Waals surface area contributed by atoms with Gasteiger partial charge >= 0.3 is 17.9 Å². The molecule has 2 atom stereocenters. The molecule has 2 N–H and O–H groups in total. The lowest BCUT2D eigenvalue weighted by molar-refractivity contribution is -0.152. The van der Waals surface area contributed by atoms with Gasteiger partial charge in [0.25, 0.3) is 0 Å². The van der Waals surface area contributed by atoms with Crippen LogP contribution in [0, 0.1) is 0 Å². The number of esters is 3. The quantitative estimate of drug-likeness (QED) is 0.475. The number of carbonyl (C=O) groups excluding carboxylic acids is 4. The van der Waals surface area contributed by atoms with Crippen molar-refractivity contribution in [1.29, 1.82) is 0 Å². The van der Waals surface area contributed by atoms with E-state index in [1.165, 1.54) is 34.6 Å². The molecule has 0 aliphatic rings. The molecule has 9 heteroatoms. The fourth-order valence-electron chi connectivity index (χ4n) is 0.832. The molecule has 28 heavy (non-hydrogen) atoms. The fraction of sp³-hybridized carbons (Fsp3) is 0.789. The average molecular weight is 411 g/mol. The maximum absolute atomic E-state index is 10.4. The molecule has 0 spiro atoms. The standard InChI is InChI=1S/C6H12O3.C5H10O3.C5H10O2.C3H6O/c1-3-4-9-6(8)5(2)7;1-3-8-5(7)4(2)6;1-3-4-7-5(2)6;1-3(2)4/h5,7H,3-4H2,1-2H3;4,6H,3H2,1-2H3;3-4H2,1-2H3;1-2H3. The summed E-state index contributed by atoms with van der Waals surface area (Å²) in [6.07, 6.45) is -0.288. The van der Waals surface area contributed by atoms with E-state index in [9.17, 15) is 19.2 Å². The second kappa shape index (κ2) is 25.0. The Balaban J connectivity index is -0.000000142. The second-order valence-electron chi connectivity index (χ2n) is 5.52. The Morgan fingerprint density at radius 1 is 0.714 bits per heavy atom. The monoisotopic (exact) mass is 410 g/mol. The van der Waals surface area contributed by atoms with Crippen LogP contribution in [0.2, 0.25) is 0 Å². The van der Waals surface area contributed by atoms with Crippen molar-refractivity contribution < 1.29 is 43.6 Å². The van der Waals surface area contributed by atoms with Crippen LogP contribution in [0.5, 0.6) is 0 Å². The highest BCUT2D eigenvalue weighted by molar-refractivity contribution is 5.74. The molecule has 0 saturated heterocycles. The molecule has 168 valence electrons. The topological polar surface area (TPSA) is 136 Å². The van der Waals surface area contributed by atoms with Crippen molar-refractivity contribution in [1.82, 2.24) is 0 Å². The van der Waals surface area contributed by atoms with Crippen molar-refractivity contribution in [3.05, 3.63) is 0 Å². The number of aliphatic hydroxyl groups is 2. The van der Waals surface area contributed by atoms with Gasteiger partial charge in [0.05, 0.1) is 19.8 Å². The van der Waals surface area contributed by atoms with Gasteiger partial charge in [0, 0.05) is 6.92 Å². The van der Waals surface area contributed by atoms with E-state index in [0.717, 1.165) is 12.8 Å². The molecule has 0 saturated carbocycles. The van der Waals surface area contributed by atoms with Crippen LogP contribution in [0.1, 0.15) is 68.2 Å². The van der Waals surface area contributed by atoms with E-state index < -0.39 is 24.1 Å². The smallest absolute Gasteiger partial charge is 0.334 e. The summed E-state index contributed by atoms with van der Waals surface area (Å²) < 4.78 is 13.5. The van der Waals surface area contributed by atoms with Crippen molar-refractivity contribution >= 4 is 23.7 Å². The first-order valence-electron chi connectivity index (χ1n) is 9.16. The van der Waals surface area contributed by atoms with Gasteiger partial charge in [-0.2, -0.15) is 0 Å². The van der Waals surface area contributed by atoms with Crippen molar-refractivity contribution in [3.8, 4) is 0 Å². The first-order valence-corrected chi connectivity index (χ1v) is 9.16. The first-order chi connectivity index (χ1) is 12.9. The van der Waals surface area contributed by atoms with E-state index in [0.29, 0.717) is 19.8 Å². The fourth-order valence-corrected chi connectivity index (χ4v) is 0.832. The Bertz CT molecular complexity index is 400. The van der Waals surface area contributed by atoms with E-state index >= 15 is 0 Å². The van der Waals surface area contributed by atoms with Crippen LogP contribution in [0.3, 0.4) is 0 Å². The molecule has 0 rings (SSSR count). The van der Waals surface area contributed by atoms with Crippen LogP contribution in [-0.4, -0.2) is 65.9 Å². The molecule has 0 aromatic carbocycles. The van der Waals surface area contributed by atoms with Crippen molar-refractivity contribution in [2.75, 3.05) is 19.8 Å². The third kappa shape index (κ3) is 43.9. The van der Waals surface area contributed by atoms with Gasteiger partial charge in [-0.3, -0.25) is 4.79 Å². The lowest BCUT2D eigenvalue weighted by Gasteiger charge is -2.03. The molecule has 0 aliphatic carbocycles. The normalized spacial score (nSPS) is 10.8. The number of Topliss-reactive ketones (excluding diaryl/α,β-unsaturated/α-hetero) is 1. The molecule has 0 aromatic heterocycles. The van der Waals surface area contributed by atoms with Gasteiger partial charge in [-0.15, -0.1) is 0 Å². The van der Waals surface area contributed by atoms with Crippen LogP contribution >= 0.6 is 0 Å². The van der Waals surface area contributed by atoms with Crippen LogP contribution in [0.25, 0.3) is 0 Å². The van der Waals surface area contributed by atoms with E-state index in [2.05, 4.69) is 14.2 Å². The zero-order valence-corrected chi connectivity index (χ0v) is 18.4. The highest BCUT2D eigenvalue weighted by atomic mass is 16.6. The van der Waals surface area contributed by atoms with Crippen molar-refractivity contribution in [2.45, 2.75) is 80.4 Å². The van der Waals surface area contributed by atoms with E-state index in [4.69, 9.17) is 10.2 Å². The summed E-state index contributed by atoms with van der Waals surface area (Å²) in [5, 5.41) is 17.1. The molecule has 0 fully saturated rings. The Labute approximate surface area is 168 Å². The first kappa shape index (κ1) is 33.6.